The van der Waals surface area contributed by atoms with Crippen LogP contribution in [-0.4, -0.2) is 54.7 Å². The van der Waals surface area contributed by atoms with Crippen LogP contribution in [0.15, 0.2) is 35.3 Å². The fourth-order valence-electron chi connectivity index (χ4n) is 3.30. The average molecular weight is 425 g/mol. The molecule has 0 unspecified atom stereocenters. The molecule has 0 bridgehead atoms. The number of carbonyl (C=O) groups excluding carboxylic acids is 1. The molecule has 3 heterocycles. The third-order valence-electron chi connectivity index (χ3n) is 5.07. The fraction of sp³-hybridized carbons (Fsp3) is 0.364. The second kappa shape index (κ2) is 10.0. The van der Waals surface area contributed by atoms with Gasteiger partial charge in [-0.2, -0.15) is 0 Å². The number of amides is 1. The van der Waals surface area contributed by atoms with Crippen LogP contribution in [0.25, 0.3) is 11.0 Å². The summed E-state index contributed by atoms with van der Waals surface area (Å²) in [6.45, 7) is 6.66. The Morgan fingerprint density at radius 2 is 2.10 bits per heavy atom. The zero-order valence-electron chi connectivity index (χ0n) is 18.3. The van der Waals surface area contributed by atoms with Gasteiger partial charge in [0.25, 0.3) is 11.5 Å². The zero-order chi connectivity index (χ0) is 22.4. The molecule has 0 aliphatic rings. The van der Waals surface area contributed by atoms with E-state index < -0.39 is 0 Å². The lowest BCUT2D eigenvalue weighted by molar-refractivity contribution is 0.0958. The minimum atomic E-state index is -0.203. The van der Waals surface area contributed by atoms with E-state index in [1.165, 1.54) is 0 Å². The number of anilines is 1. The molecule has 0 aliphatic carbocycles. The van der Waals surface area contributed by atoms with Gasteiger partial charge in [-0.1, -0.05) is 0 Å². The predicted octanol–water partition coefficient (Wildman–Crippen LogP) is 1.61. The summed E-state index contributed by atoms with van der Waals surface area (Å²) in [6, 6.07) is 7.28. The first-order valence-corrected chi connectivity index (χ1v) is 10.2. The number of aryl methyl sites for hydroxylation is 1. The van der Waals surface area contributed by atoms with E-state index in [4.69, 9.17) is 4.74 Å². The molecule has 3 aromatic rings. The third-order valence-corrected chi connectivity index (χ3v) is 5.07. The minimum Gasteiger partial charge on any atom is -0.481 e. The molecule has 164 valence electrons. The average Bonchev–Trinajstić information content (AvgIpc) is 2.79. The Balaban J connectivity index is 1.63. The smallest absolute Gasteiger partial charge is 0.269 e. The summed E-state index contributed by atoms with van der Waals surface area (Å²) in [5, 5.41) is 5.97. The van der Waals surface area contributed by atoms with Crippen LogP contribution in [0.1, 0.15) is 28.5 Å². The molecule has 9 heteroatoms. The highest BCUT2D eigenvalue weighted by Gasteiger charge is 2.11. The first-order chi connectivity index (χ1) is 15.0. The highest BCUT2D eigenvalue weighted by molar-refractivity contribution is 5.92. The molecule has 31 heavy (non-hydrogen) atoms. The van der Waals surface area contributed by atoms with Crippen molar-refractivity contribution in [3.05, 3.63) is 57.6 Å². The summed E-state index contributed by atoms with van der Waals surface area (Å²) in [5.41, 5.74) is 4.10. The number of aromatic nitrogens is 3. The number of H-pyrrole nitrogens is 1. The van der Waals surface area contributed by atoms with Crippen LogP contribution >= 0.6 is 0 Å². The lowest BCUT2D eigenvalue weighted by atomic mass is 10.2. The predicted molar refractivity (Wildman–Crippen MR) is 121 cm³/mol. The molecule has 9 nitrogen and oxygen atoms in total. The van der Waals surface area contributed by atoms with E-state index in [0.717, 1.165) is 30.9 Å². The Bertz CT molecular complexity index is 1110. The normalized spacial score (nSPS) is 10.8. The van der Waals surface area contributed by atoms with E-state index >= 15 is 0 Å². The molecule has 0 saturated carbocycles. The minimum absolute atomic E-state index is 0.118. The van der Waals surface area contributed by atoms with E-state index in [1.807, 2.05) is 12.1 Å². The van der Waals surface area contributed by atoms with Crippen molar-refractivity contribution in [3.8, 4) is 5.88 Å². The van der Waals surface area contributed by atoms with E-state index in [1.54, 1.807) is 39.4 Å². The molecule has 0 saturated heterocycles. The SMILES string of the molecule is CCN(CCNCc1cc2[nH]c(=O)c(C)cc2nc1OC)c1ccc(C(=O)NC)nc1. The van der Waals surface area contributed by atoms with Crippen LogP contribution in [0.5, 0.6) is 5.88 Å². The summed E-state index contributed by atoms with van der Waals surface area (Å²) >= 11 is 0. The Morgan fingerprint density at radius 3 is 2.74 bits per heavy atom. The largest absolute Gasteiger partial charge is 0.481 e. The number of carbonyl (C=O) groups is 1. The molecule has 3 aromatic heterocycles. The van der Waals surface area contributed by atoms with Gasteiger partial charge in [-0.15, -0.1) is 0 Å². The highest BCUT2D eigenvalue weighted by Crippen LogP contribution is 2.20. The Morgan fingerprint density at radius 1 is 1.29 bits per heavy atom. The van der Waals surface area contributed by atoms with E-state index in [2.05, 4.69) is 37.4 Å². The van der Waals surface area contributed by atoms with E-state index in [0.29, 0.717) is 34.7 Å². The zero-order valence-corrected chi connectivity index (χ0v) is 18.3. The fourth-order valence-corrected chi connectivity index (χ4v) is 3.30. The Hall–Kier alpha value is -3.46. The molecule has 0 fully saturated rings. The van der Waals surface area contributed by atoms with Crippen molar-refractivity contribution >= 4 is 22.6 Å². The summed E-state index contributed by atoms with van der Waals surface area (Å²) in [6.07, 6.45) is 1.71. The number of methoxy groups -OCH3 is 1. The van der Waals surface area contributed by atoms with Gasteiger partial charge in [-0.3, -0.25) is 9.59 Å². The number of hydrogen-bond acceptors (Lipinski definition) is 7. The van der Waals surface area contributed by atoms with Gasteiger partial charge in [0.05, 0.1) is 30.0 Å². The number of ether oxygens (including phenoxy) is 1. The maximum Gasteiger partial charge on any atom is 0.269 e. The van der Waals surface area contributed by atoms with Crippen molar-refractivity contribution in [1.29, 1.82) is 0 Å². The Kier molecular flexibility index (Phi) is 7.19. The summed E-state index contributed by atoms with van der Waals surface area (Å²) in [5.74, 6) is 0.332. The van der Waals surface area contributed by atoms with Gasteiger partial charge < -0.3 is 25.3 Å². The second-order valence-electron chi connectivity index (χ2n) is 7.11. The molecule has 3 N–H and O–H groups in total. The van der Waals surface area contributed by atoms with Gasteiger partial charge in [-0.05, 0) is 38.1 Å². The van der Waals surface area contributed by atoms with Gasteiger partial charge in [0.15, 0.2) is 0 Å². The molecule has 1 amide bonds. The van der Waals surface area contributed by atoms with Crippen LogP contribution < -0.4 is 25.8 Å². The monoisotopic (exact) mass is 424 g/mol. The standard InChI is InChI=1S/C22H28N6O3/c1-5-28(16-6-7-17(25-13-16)21(30)23-3)9-8-24-12-15-11-19-18(27-22(15)31-4)10-14(2)20(29)26-19/h6-7,10-11,13,24H,5,8-9,12H2,1-4H3,(H,23,30)(H,26,29). The van der Waals surface area contributed by atoms with Crippen molar-refractivity contribution in [3.63, 3.8) is 0 Å². The molecule has 0 aromatic carbocycles. The molecule has 3 rings (SSSR count). The lowest BCUT2D eigenvalue weighted by Gasteiger charge is -2.23. The van der Waals surface area contributed by atoms with Crippen LogP contribution in [0.2, 0.25) is 0 Å². The van der Waals surface area contributed by atoms with Crippen LogP contribution in [-0.2, 0) is 6.54 Å². The van der Waals surface area contributed by atoms with Gasteiger partial charge in [0, 0.05) is 44.4 Å². The number of nitrogens with zero attached hydrogens (tertiary/aromatic N) is 3. The highest BCUT2D eigenvalue weighted by atomic mass is 16.5. The van der Waals surface area contributed by atoms with E-state index in [9.17, 15) is 9.59 Å². The number of likely N-dealkylation sites (N-methyl/N-ethyl adjacent to an activating group) is 1. The molecular weight excluding hydrogens is 396 g/mol. The van der Waals surface area contributed by atoms with Crippen LogP contribution in [0, 0.1) is 6.92 Å². The van der Waals surface area contributed by atoms with Crippen LogP contribution in [0.3, 0.4) is 0 Å². The number of pyridine rings is 3. The second-order valence-corrected chi connectivity index (χ2v) is 7.11. The van der Waals surface area contributed by atoms with E-state index in [-0.39, 0.29) is 11.5 Å². The van der Waals surface area contributed by atoms with Gasteiger partial charge in [0.2, 0.25) is 5.88 Å². The van der Waals surface area contributed by atoms with Crippen molar-refractivity contribution in [1.82, 2.24) is 25.6 Å². The van der Waals surface area contributed by atoms with Crippen molar-refractivity contribution in [2.24, 2.45) is 0 Å². The van der Waals surface area contributed by atoms with Crippen molar-refractivity contribution in [2.45, 2.75) is 20.4 Å². The van der Waals surface area contributed by atoms with Crippen LogP contribution in [0.4, 0.5) is 5.69 Å². The Labute approximate surface area is 180 Å². The van der Waals surface area contributed by atoms with Gasteiger partial charge >= 0.3 is 0 Å². The van der Waals surface area contributed by atoms with Gasteiger partial charge in [0.1, 0.15) is 5.69 Å². The summed E-state index contributed by atoms with van der Waals surface area (Å²) < 4.78 is 5.44. The lowest BCUT2D eigenvalue weighted by Crippen LogP contribution is -2.32. The maximum atomic E-state index is 11.9. The number of hydrogen-bond donors (Lipinski definition) is 3. The van der Waals surface area contributed by atoms with Gasteiger partial charge in [-0.25, -0.2) is 9.97 Å². The summed E-state index contributed by atoms with van der Waals surface area (Å²) in [4.78, 5) is 37.3. The first-order valence-electron chi connectivity index (χ1n) is 10.2. The topological polar surface area (TPSA) is 112 Å². The molecule has 0 atom stereocenters. The summed E-state index contributed by atoms with van der Waals surface area (Å²) in [7, 11) is 3.17. The molecule has 0 radical (unpaired) electrons. The van der Waals surface area contributed by atoms with Crippen molar-refractivity contribution in [2.75, 3.05) is 38.7 Å². The molecular formula is C22H28N6O3. The number of aromatic amines is 1. The first kappa shape index (κ1) is 22.2. The maximum absolute atomic E-state index is 11.9. The molecule has 0 aliphatic heterocycles. The molecule has 0 spiro atoms. The van der Waals surface area contributed by atoms with Crippen molar-refractivity contribution < 1.29 is 9.53 Å². The number of fused-ring (bicyclic) bond motifs is 1. The third kappa shape index (κ3) is 5.18. The number of rotatable bonds is 9. The number of nitrogens with one attached hydrogen (secondary N) is 3. The quantitative estimate of drug-likeness (QED) is 0.447.